The van der Waals surface area contributed by atoms with Crippen molar-refractivity contribution in [3.63, 3.8) is 0 Å². The van der Waals surface area contributed by atoms with E-state index < -0.39 is 0 Å². The molecule has 0 aromatic heterocycles. The number of carbonyl (C=O) groups excluding carboxylic acids is 1. The molecule has 2 unspecified atom stereocenters. The zero-order valence-electron chi connectivity index (χ0n) is 14.1. The van der Waals surface area contributed by atoms with E-state index in [4.69, 9.17) is 5.73 Å². The van der Waals surface area contributed by atoms with Crippen molar-refractivity contribution in [1.29, 1.82) is 0 Å². The fourth-order valence-electron chi connectivity index (χ4n) is 5.03. The van der Waals surface area contributed by atoms with Gasteiger partial charge in [-0.3, -0.25) is 4.79 Å². The predicted molar refractivity (Wildman–Crippen MR) is 92.1 cm³/mol. The van der Waals surface area contributed by atoms with Gasteiger partial charge in [-0.15, -0.1) is 0 Å². The van der Waals surface area contributed by atoms with Crippen LogP contribution in [0.25, 0.3) is 0 Å². The molecule has 0 spiro atoms. The lowest BCUT2D eigenvalue weighted by Gasteiger charge is -2.45. The Labute approximate surface area is 139 Å². The molecule has 0 saturated heterocycles. The molecule has 4 rings (SSSR count). The van der Waals surface area contributed by atoms with Gasteiger partial charge in [-0.05, 0) is 62.8 Å². The second kappa shape index (κ2) is 5.62. The number of benzene rings is 1. The molecule has 23 heavy (non-hydrogen) atoms. The van der Waals surface area contributed by atoms with Crippen molar-refractivity contribution in [2.24, 2.45) is 17.6 Å². The Balaban J connectivity index is 1.52. The van der Waals surface area contributed by atoms with Crippen LogP contribution in [-0.4, -0.2) is 18.0 Å². The summed E-state index contributed by atoms with van der Waals surface area (Å²) in [5.74, 6) is 1.45. The minimum Gasteiger partial charge on any atom is -0.352 e. The van der Waals surface area contributed by atoms with Crippen LogP contribution in [0.3, 0.4) is 0 Å². The first kappa shape index (κ1) is 15.2. The summed E-state index contributed by atoms with van der Waals surface area (Å²) >= 11 is 0. The first-order valence-electron chi connectivity index (χ1n) is 9.22. The highest BCUT2D eigenvalue weighted by molar-refractivity contribution is 5.91. The van der Waals surface area contributed by atoms with Crippen LogP contribution in [-0.2, 0) is 10.2 Å². The van der Waals surface area contributed by atoms with Gasteiger partial charge in [-0.25, -0.2) is 0 Å². The first-order chi connectivity index (χ1) is 11.1. The van der Waals surface area contributed by atoms with E-state index in [0.717, 1.165) is 25.7 Å². The van der Waals surface area contributed by atoms with E-state index in [0.29, 0.717) is 23.9 Å². The highest BCUT2D eigenvalue weighted by atomic mass is 16.2. The molecule has 1 aromatic rings. The minimum absolute atomic E-state index is 0.250. The average molecular weight is 312 g/mol. The molecule has 3 fully saturated rings. The maximum atomic E-state index is 13.1. The van der Waals surface area contributed by atoms with E-state index in [2.05, 4.69) is 36.5 Å². The average Bonchev–Trinajstić information content (AvgIpc) is 3.30. The highest BCUT2D eigenvalue weighted by Crippen LogP contribution is 2.49. The third-order valence-corrected chi connectivity index (χ3v) is 6.43. The van der Waals surface area contributed by atoms with Crippen LogP contribution in [0.1, 0.15) is 56.1 Å². The third kappa shape index (κ3) is 2.69. The van der Waals surface area contributed by atoms with Crippen molar-refractivity contribution in [2.45, 2.75) is 69.4 Å². The molecule has 1 aromatic carbocycles. The van der Waals surface area contributed by atoms with Crippen LogP contribution in [0.4, 0.5) is 0 Å². The van der Waals surface area contributed by atoms with Crippen molar-refractivity contribution >= 4 is 5.91 Å². The van der Waals surface area contributed by atoms with Gasteiger partial charge in [0.25, 0.3) is 0 Å². The summed E-state index contributed by atoms with van der Waals surface area (Å²) < 4.78 is 0. The molecule has 3 aliphatic carbocycles. The number of nitrogens with one attached hydrogen (secondary N) is 1. The molecule has 124 valence electrons. The molecule has 3 N–H and O–H groups in total. The summed E-state index contributed by atoms with van der Waals surface area (Å²) in [4.78, 5) is 13.1. The number of aryl methyl sites for hydroxylation is 1. The summed E-state index contributed by atoms with van der Waals surface area (Å²) in [6.45, 7) is 2.10. The van der Waals surface area contributed by atoms with Crippen LogP contribution in [0.5, 0.6) is 0 Å². The molecular formula is C20H28N2O. The fraction of sp³-hybridized carbons (Fsp3) is 0.650. The number of hydrogen-bond acceptors (Lipinski definition) is 2. The number of hydrogen-bond donors (Lipinski definition) is 2. The summed E-state index contributed by atoms with van der Waals surface area (Å²) in [5.41, 5.74) is 8.40. The molecule has 2 atom stereocenters. The van der Waals surface area contributed by atoms with Gasteiger partial charge in [0.05, 0.1) is 5.41 Å². The smallest absolute Gasteiger partial charge is 0.230 e. The summed E-state index contributed by atoms with van der Waals surface area (Å²) in [5, 5.41) is 3.47. The lowest BCUT2D eigenvalue weighted by atomic mass is 9.67. The number of nitrogens with two attached hydrogens (primary N) is 1. The van der Waals surface area contributed by atoms with E-state index in [-0.39, 0.29) is 11.3 Å². The van der Waals surface area contributed by atoms with Crippen molar-refractivity contribution in [3.05, 3.63) is 35.4 Å². The van der Waals surface area contributed by atoms with Crippen molar-refractivity contribution in [3.8, 4) is 0 Å². The van der Waals surface area contributed by atoms with Gasteiger partial charge < -0.3 is 11.1 Å². The molecule has 0 aliphatic heterocycles. The molecule has 0 radical (unpaired) electrons. The van der Waals surface area contributed by atoms with Crippen molar-refractivity contribution in [2.75, 3.05) is 0 Å². The summed E-state index contributed by atoms with van der Waals surface area (Å²) in [7, 11) is 0. The van der Waals surface area contributed by atoms with E-state index in [1.54, 1.807) is 0 Å². The Morgan fingerprint density at radius 3 is 2.52 bits per heavy atom. The second-order valence-electron chi connectivity index (χ2n) is 8.13. The van der Waals surface area contributed by atoms with Gasteiger partial charge in [-0.2, -0.15) is 0 Å². The van der Waals surface area contributed by atoms with Gasteiger partial charge in [0.15, 0.2) is 0 Å². The number of rotatable bonds is 3. The summed E-state index contributed by atoms with van der Waals surface area (Å²) in [6, 6.07) is 9.18. The SMILES string of the molecule is Cc1cccc(C2(C(=O)NC3C4CCCC3CC(N)C4)CC2)c1. The minimum atomic E-state index is -0.250. The predicted octanol–water partition coefficient (Wildman–Crippen LogP) is 3.05. The normalized spacial score (nSPS) is 34.7. The van der Waals surface area contributed by atoms with Crippen LogP contribution in [0.2, 0.25) is 0 Å². The molecule has 2 bridgehead atoms. The van der Waals surface area contributed by atoms with E-state index in [1.165, 1.54) is 30.4 Å². The monoisotopic (exact) mass is 312 g/mol. The van der Waals surface area contributed by atoms with E-state index in [1.807, 2.05) is 0 Å². The van der Waals surface area contributed by atoms with Gasteiger partial charge in [0.2, 0.25) is 5.91 Å². The Morgan fingerprint density at radius 1 is 1.22 bits per heavy atom. The first-order valence-corrected chi connectivity index (χ1v) is 9.22. The zero-order chi connectivity index (χ0) is 16.0. The molecule has 3 aliphatic rings. The summed E-state index contributed by atoms with van der Waals surface area (Å²) in [6.07, 6.45) is 7.90. The molecule has 0 heterocycles. The lowest BCUT2D eigenvalue weighted by molar-refractivity contribution is -0.126. The topological polar surface area (TPSA) is 55.1 Å². The third-order valence-electron chi connectivity index (χ3n) is 6.43. The molecule has 3 nitrogen and oxygen atoms in total. The molecular weight excluding hydrogens is 284 g/mol. The van der Waals surface area contributed by atoms with Gasteiger partial charge in [-0.1, -0.05) is 36.2 Å². The largest absolute Gasteiger partial charge is 0.352 e. The maximum Gasteiger partial charge on any atom is 0.230 e. The zero-order valence-corrected chi connectivity index (χ0v) is 14.1. The number of amides is 1. The lowest BCUT2D eigenvalue weighted by Crippen LogP contribution is -2.55. The van der Waals surface area contributed by atoms with Crippen molar-refractivity contribution < 1.29 is 4.79 Å². The van der Waals surface area contributed by atoms with Crippen LogP contribution < -0.4 is 11.1 Å². The van der Waals surface area contributed by atoms with Gasteiger partial charge in [0, 0.05) is 12.1 Å². The van der Waals surface area contributed by atoms with Crippen LogP contribution in [0.15, 0.2) is 24.3 Å². The molecule has 3 saturated carbocycles. The Morgan fingerprint density at radius 2 is 1.91 bits per heavy atom. The Bertz CT molecular complexity index is 593. The quantitative estimate of drug-likeness (QED) is 0.901. The van der Waals surface area contributed by atoms with Crippen molar-refractivity contribution in [1.82, 2.24) is 5.32 Å². The molecule has 1 amide bonds. The number of carbonyl (C=O) groups is 1. The van der Waals surface area contributed by atoms with E-state index in [9.17, 15) is 4.79 Å². The van der Waals surface area contributed by atoms with Crippen LogP contribution in [0, 0.1) is 18.8 Å². The fourth-order valence-corrected chi connectivity index (χ4v) is 5.03. The standard InChI is InChI=1S/C20H28N2O/c1-13-4-2-7-16(10-13)20(8-9-20)19(23)22-18-14-5-3-6-15(18)12-17(21)11-14/h2,4,7,10,14-15,17-18H,3,5-6,8-9,11-12,21H2,1H3,(H,22,23). The van der Waals surface area contributed by atoms with E-state index >= 15 is 0 Å². The van der Waals surface area contributed by atoms with Gasteiger partial charge >= 0.3 is 0 Å². The van der Waals surface area contributed by atoms with Gasteiger partial charge in [0.1, 0.15) is 0 Å². The Hall–Kier alpha value is -1.35. The number of fused-ring (bicyclic) bond motifs is 2. The maximum absolute atomic E-state index is 13.1. The highest BCUT2D eigenvalue weighted by Gasteiger charge is 2.53. The Kier molecular flexibility index (Phi) is 3.72. The van der Waals surface area contributed by atoms with Crippen LogP contribution >= 0.6 is 0 Å². The second-order valence-corrected chi connectivity index (χ2v) is 8.13. The molecule has 3 heteroatoms.